The second-order valence-electron chi connectivity index (χ2n) is 4.56. The van der Waals surface area contributed by atoms with Gasteiger partial charge in [-0.15, -0.1) is 0 Å². The Hall–Kier alpha value is -1.55. The molecule has 0 amide bonds. The third-order valence-electron chi connectivity index (χ3n) is 3.09. The molecule has 0 aliphatic rings. The second-order valence-corrected chi connectivity index (χ2v) is 4.56. The van der Waals surface area contributed by atoms with E-state index in [9.17, 15) is 9.90 Å². The minimum absolute atomic E-state index is 0.129. The Balaban J connectivity index is 2.61. The molecule has 1 rings (SSSR count). The van der Waals surface area contributed by atoms with Gasteiger partial charge >= 0.3 is 5.97 Å². The molecule has 0 saturated carbocycles. The highest BCUT2D eigenvalue weighted by Crippen LogP contribution is 2.21. The van der Waals surface area contributed by atoms with Crippen LogP contribution in [0.4, 0.5) is 5.69 Å². The first kappa shape index (κ1) is 13.5. The number of carbonyl (C=O) groups is 1. The highest BCUT2D eigenvalue weighted by Gasteiger charge is 2.20. The molecule has 4 nitrogen and oxygen atoms in total. The molecule has 1 atom stereocenters. The molecular weight excluding hydrogens is 218 g/mol. The van der Waals surface area contributed by atoms with Crippen molar-refractivity contribution in [3.05, 3.63) is 29.8 Å². The van der Waals surface area contributed by atoms with E-state index in [-0.39, 0.29) is 17.6 Å². The predicted molar refractivity (Wildman–Crippen MR) is 67.4 cm³/mol. The van der Waals surface area contributed by atoms with Gasteiger partial charge in [0.2, 0.25) is 0 Å². The van der Waals surface area contributed by atoms with Gasteiger partial charge in [-0.25, -0.2) is 4.79 Å². The summed E-state index contributed by atoms with van der Waals surface area (Å²) in [7, 11) is 0. The van der Waals surface area contributed by atoms with Crippen LogP contribution in [0.15, 0.2) is 24.3 Å². The van der Waals surface area contributed by atoms with E-state index in [2.05, 4.69) is 5.32 Å². The Bertz CT molecular complexity index is 369. The maximum Gasteiger partial charge on any atom is 0.335 e. The summed E-state index contributed by atoms with van der Waals surface area (Å²) < 4.78 is 0. The fourth-order valence-electron chi connectivity index (χ4n) is 1.34. The smallest absolute Gasteiger partial charge is 0.335 e. The van der Waals surface area contributed by atoms with Crippen LogP contribution in [0.25, 0.3) is 0 Å². The Morgan fingerprint density at radius 3 is 2.35 bits per heavy atom. The number of aliphatic hydroxyl groups excluding tert-OH is 1. The molecule has 0 saturated heterocycles. The van der Waals surface area contributed by atoms with Gasteiger partial charge in [0.15, 0.2) is 0 Å². The summed E-state index contributed by atoms with van der Waals surface area (Å²) in [5, 5.41) is 21.2. The lowest BCUT2D eigenvalue weighted by Gasteiger charge is -2.26. The van der Waals surface area contributed by atoms with Crippen molar-refractivity contribution >= 4 is 11.7 Å². The molecule has 17 heavy (non-hydrogen) atoms. The molecule has 0 heterocycles. The molecule has 1 unspecified atom stereocenters. The van der Waals surface area contributed by atoms with Crippen LogP contribution in [0.5, 0.6) is 0 Å². The molecule has 1 aromatic carbocycles. The van der Waals surface area contributed by atoms with Crippen LogP contribution in [-0.4, -0.2) is 29.3 Å². The van der Waals surface area contributed by atoms with Crippen LogP contribution >= 0.6 is 0 Å². The van der Waals surface area contributed by atoms with E-state index in [1.54, 1.807) is 24.3 Å². The summed E-state index contributed by atoms with van der Waals surface area (Å²) in [5.74, 6) is -0.926. The zero-order valence-corrected chi connectivity index (χ0v) is 10.2. The van der Waals surface area contributed by atoms with E-state index in [0.717, 1.165) is 12.1 Å². The number of anilines is 1. The zero-order chi connectivity index (χ0) is 12.9. The third kappa shape index (κ3) is 3.75. The molecule has 4 heteroatoms. The normalized spacial score (nSPS) is 14.1. The number of carboxylic acids is 1. The first-order chi connectivity index (χ1) is 8.00. The van der Waals surface area contributed by atoms with E-state index in [0.29, 0.717) is 6.54 Å². The number of benzene rings is 1. The standard InChI is InChI=1S/C13H19NO3/c1-3-13(2,9-15)8-14-11-6-4-10(5-7-11)12(16)17/h4-7,14-15H,3,8-9H2,1-2H3,(H,16,17). The largest absolute Gasteiger partial charge is 0.478 e. The molecule has 0 bridgehead atoms. The average molecular weight is 237 g/mol. The molecule has 0 aromatic heterocycles. The average Bonchev–Trinajstić information content (AvgIpc) is 2.36. The van der Waals surface area contributed by atoms with E-state index < -0.39 is 5.97 Å². The lowest BCUT2D eigenvalue weighted by atomic mass is 9.88. The summed E-state index contributed by atoms with van der Waals surface area (Å²) in [4.78, 5) is 10.7. The van der Waals surface area contributed by atoms with Crippen LogP contribution in [0.1, 0.15) is 30.6 Å². The Morgan fingerprint density at radius 2 is 1.94 bits per heavy atom. The van der Waals surface area contributed by atoms with Gasteiger partial charge in [-0.05, 0) is 30.7 Å². The molecule has 1 aromatic rings. The van der Waals surface area contributed by atoms with Crippen molar-refractivity contribution in [3.8, 4) is 0 Å². The van der Waals surface area contributed by atoms with Gasteiger partial charge in [-0.3, -0.25) is 0 Å². The molecule has 0 aliphatic carbocycles. The molecule has 0 spiro atoms. The SMILES string of the molecule is CCC(C)(CO)CNc1ccc(C(=O)O)cc1. The van der Waals surface area contributed by atoms with Gasteiger partial charge in [0, 0.05) is 17.6 Å². The Labute approximate surface area is 101 Å². The highest BCUT2D eigenvalue weighted by atomic mass is 16.4. The predicted octanol–water partition coefficient (Wildman–Crippen LogP) is 2.21. The first-order valence-electron chi connectivity index (χ1n) is 5.69. The summed E-state index contributed by atoms with van der Waals surface area (Å²) in [5.41, 5.74) is 0.991. The van der Waals surface area contributed by atoms with Crippen LogP contribution in [0, 0.1) is 5.41 Å². The highest BCUT2D eigenvalue weighted by molar-refractivity contribution is 5.87. The molecule has 0 aliphatic heterocycles. The van der Waals surface area contributed by atoms with Gasteiger partial charge in [0.05, 0.1) is 12.2 Å². The lowest BCUT2D eigenvalue weighted by molar-refractivity contribution is 0.0697. The third-order valence-corrected chi connectivity index (χ3v) is 3.09. The Morgan fingerprint density at radius 1 is 1.35 bits per heavy atom. The Kier molecular flexibility index (Phi) is 4.52. The van der Waals surface area contributed by atoms with Crippen LogP contribution in [-0.2, 0) is 0 Å². The minimum atomic E-state index is -0.926. The lowest BCUT2D eigenvalue weighted by Crippen LogP contribution is -2.29. The van der Waals surface area contributed by atoms with Crippen LogP contribution in [0.2, 0.25) is 0 Å². The quantitative estimate of drug-likeness (QED) is 0.709. The second kappa shape index (κ2) is 5.68. The maximum atomic E-state index is 10.7. The van der Waals surface area contributed by atoms with Crippen molar-refractivity contribution < 1.29 is 15.0 Å². The molecule has 0 radical (unpaired) electrons. The number of aliphatic hydroxyl groups is 1. The molecule has 3 N–H and O–H groups in total. The van der Waals surface area contributed by atoms with Crippen molar-refractivity contribution in [3.63, 3.8) is 0 Å². The summed E-state index contributed by atoms with van der Waals surface area (Å²) in [6, 6.07) is 6.59. The molecule has 0 fully saturated rings. The van der Waals surface area contributed by atoms with E-state index in [4.69, 9.17) is 5.11 Å². The fraction of sp³-hybridized carbons (Fsp3) is 0.462. The fourth-order valence-corrected chi connectivity index (χ4v) is 1.34. The van der Waals surface area contributed by atoms with Crippen molar-refractivity contribution in [2.24, 2.45) is 5.41 Å². The van der Waals surface area contributed by atoms with Crippen molar-refractivity contribution in [2.45, 2.75) is 20.3 Å². The number of hydrogen-bond donors (Lipinski definition) is 3. The zero-order valence-electron chi connectivity index (χ0n) is 10.2. The van der Waals surface area contributed by atoms with Crippen molar-refractivity contribution in [2.75, 3.05) is 18.5 Å². The molecular formula is C13H19NO3. The van der Waals surface area contributed by atoms with Gasteiger partial charge in [-0.2, -0.15) is 0 Å². The first-order valence-corrected chi connectivity index (χ1v) is 5.69. The number of aromatic carboxylic acids is 1. The minimum Gasteiger partial charge on any atom is -0.478 e. The number of nitrogens with one attached hydrogen (secondary N) is 1. The van der Waals surface area contributed by atoms with Crippen molar-refractivity contribution in [1.29, 1.82) is 0 Å². The summed E-state index contributed by atoms with van der Waals surface area (Å²) in [6.45, 7) is 4.83. The number of hydrogen-bond acceptors (Lipinski definition) is 3. The topological polar surface area (TPSA) is 69.6 Å². The van der Waals surface area contributed by atoms with E-state index >= 15 is 0 Å². The molecule has 94 valence electrons. The van der Waals surface area contributed by atoms with Gasteiger partial charge in [-0.1, -0.05) is 13.8 Å². The maximum absolute atomic E-state index is 10.7. The van der Waals surface area contributed by atoms with Gasteiger partial charge in [0.25, 0.3) is 0 Å². The monoisotopic (exact) mass is 237 g/mol. The van der Waals surface area contributed by atoms with E-state index in [1.165, 1.54) is 0 Å². The summed E-state index contributed by atoms with van der Waals surface area (Å²) in [6.07, 6.45) is 0.879. The van der Waals surface area contributed by atoms with Gasteiger partial charge < -0.3 is 15.5 Å². The van der Waals surface area contributed by atoms with Crippen LogP contribution in [0.3, 0.4) is 0 Å². The van der Waals surface area contributed by atoms with E-state index in [1.807, 2.05) is 13.8 Å². The summed E-state index contributed by atoms with van der Waals surface area (Å²) >= 11 is 0. The number of rotatable bonds is 6. The van der Waals surface area contributed by atoms with Crippen LogP contribution < -0.4 is 5.32 Å². The van der Waals surface area contributed by atoms with Gasteiger partial charge in [0.1, 0.15) is 0 Å². The number of carboxylic acid groups (broad SMARTS) is 1. The van der Waals surface area contributed by atoms with Crippen molar-refractivity contribution in [1.82, 2.24) is 0 Å².